The van der Waals surface area contributed by atoms with Gasteiger partial charge in [0, 0.05) is 0 Å². The average Bonchev–Trinajstić information content (AvgIpc) is 2.74. The van der Waals surface area contributed by atoms with Crippen molar-refractivity contribution in [1.82, 2.24) is 0 Å². The van der Waals surface area contributed by atoms with Crippen molar-refractivity contribution in [3.8, 4) is 22.6 Å². The van der Waals surface area contributed by atoms with E-state index < -0.39 is 29.9 Å². The number of aryl methyl sites for hydroxylation is 1. The topological polar surface area (TPSA) is 18.5 Å². The van der Waals surface area contributed by atoms with Gasteiger partial charge in [-0.15, -0.1) is 13.2 Å². The zero-order valence-corrected chi connectivity index (χ0v) is 17.4. The molecule has 0 aliphatic heterocycles. The molecular formula is C24H19F7O2. The molecule has 2 nitrogen and oxygen atoms in total. The third-order valence-electron chi connectivity index (χ3n) is 4.76. The van der Waals surface area contributed by atoms with E-state index in [9.17, 15) is 30.7 Å². The predicted octanol–water partition coefficient (Wildman–Crippen LogP) is 8.00. The zero-order chi connectivity index (χ0) is 24.2. The molecule has 0 aliphatic carbocycles. The standard InChI is InChI=1S/C24H19F7O2/c1-2-3-4-15-5-9-18(10-6-15)23(27,28)32-19-11-7-16(8-12-19)17-13-20(25)22(21(26)14-17)33-24(29,30)31/h5-14H,2-4H2,1H3. The molecule has 0 unspecified atom stereocenters. The Morgan fingerprint density at radius 3 is 1.82 bits per heavy atom. The van der Waals surface area contributed by atoms with Gasteiger partial charge in [0.2, 0.25) is 5.75 Å². The molecule has 0 N–H and O–H groups in total. The van der Waals surface area contributed by atoms with Crippen LogP contribution in [0.3, 0.4) is 0 Å². The highest BCUT2D eigenvalue weighted by molar-refractivity contribution is 5.65. The summed E-state index contributed by atoms with van der Waals surface area (Å²) in [5, 5.41) is 0. The number of halogens is 7. The van der Waals surface area contributed by atoms with Gasteiger partial charge in [-0.25, -0.2) is 8.78 Å². The Hall–Kier alpha value is -3.23. The van der Waals surface area contributed by atoms with Crippen LogP contribution in [-0.4, -0.2) is 6.36 Å². The van der Waals surface area contributed by atoms with Gasteiger partial charge >= 0.3 is 12.5 Å². The Kier molecular flexibility index (Phi) is 7.19. The molecule has 0 heterocycles. The summed E-state index contributed by atoms with van der Waals surface area (Å²) in [5.74, 6) is -4.91. The van der Waals surface area contributed by atoms with Crippen molar-refractivity contribution in [2.75, 3.05) is 0 Å². The maximum Gasteiger partial charge on any atom is 0.573 e. The lowest BCUT2D eigenvalue weighted by atomic mass is 10.0. The van der Waals surface area contributed by atoms with Crippen LogP contribution in [0.4, 0.5) is 30.7 Å². The first-order valence-corrected chi connectivity index (χ1v) is 10.00. The van der Waals surface area contributed by atoms with E-state index in [0.29, 0.717) is 12.1 Å². The van der Waals surface area contributed by atoms with E-state index in [-0.39, 0.29) is 22.4 Å². The Labute approximate surface area is 185 Å². The summed E-state index contributed by atoms with van der Waals surface area (Å²) in [6.07, 6.45) is -6.16. The van der Waals surface area contributed by atoms with E-state index in [2.05, 4.69) is 4.74 Å². The van der Waals surface area contributed by atoms with Crippen molar-refractivity contribution in [3.05, 3.63) is 83.4 Å². The number of benzene rings is 3. The Balaban J connectivity index is 1.75. The van der Waals surface area contributed by atoms with Crippen LogP contribution in [0.2, 0.25) is 0 Å². The Bertz CT molecular complexity index is 1050. The molecule has 0 aliphatic rings. The van der Waals surface area contributed by atoms with E-state index >= 15 is 0 Å². The second-order valence-electron chi connectivity index (χ2n) is 7.26. The molecule has 0 radical (unpaired) electrons. The van der Waals surface area contributed by atoms with Crippen LogP contribution in [0.25, 0.3) is 11.1 Å². The summed E-state index contributed by atoms with van der Waals surface area (Å²) in [6.45, 7) is 2.03. The van der Waals surface area contributed by atoms with Gasteiger partial charge in [0.1, 0.15) is 5.75 Å². The molecule has 3 aromatic rings. The molecule has 0 atom stereocenters. The smallest absolute Gasteiger partial charge is 0.429 e. The summed E-state index contributed by atoms with van der Waals surface area (Å²) < 4.78 is 102. The molecule has 0 bridgehead atoms. The van der Waals surface area contributed by atoms with Crippen molar-refractivity contribution >= 4 is 0 Å². The highest BCUT2D eigenvalue weighted by Gasteiger charge is 2.35. The number of hydrogen-bond donors (Lipinski definition) is 0. The second kappa shape index (κ2) is 9.72. The molecule has 9 heteroatoms. The largest absolute Gasteiger partial charge is 0.573 e. The van der Waals surface area contributed by atoms with Crippen molar-refractivity contribution in [3.63, 3.8) is 0 Å². The van der Waals surface area contributed by atoms with Crippen molar-refractivity contribution in [2.24, 2.45) is 0 Å². The van der Waals surface area contributed by atoms with Gasteiger partial charge in [-0.1, -0.05) is 37.6 Å². The number of ether oxygens (including phenoxy) is 2. The van der Waals surface area contributed by atoms with Gasteiger partial charge in [-0.3, -0.25) is 0 Å². The number of unbranched alkanes of at least 4 members (excludes halogenated alkanes) is 1. The van der Waals surface area contributed by atoms with E-state index in [0.717, 1.165) is 37.0 Å². The fraction of sp³-hybridized carbons (Fsp3) is 0.250. The first-order valence-electron chi connectivity index (χ1n) is 10.00. The Morgan fingerprint density at radius 2 is 1.30 bits per heavy atom. The molecule has 0 spiro atoms. The molecule has 0 amide bonds. The van der Waals surface area contributed by atoms with Gasteiger partial charge in [0.25, 0.3) is 0 Å². The van der Waals surface area contributed by atoms with Crippen LogP contribution in [-0.2, 0) is 12.5 Å². The first kappa shape index (κ1) is 24.4. The second-order valence-corrected chi connectivity index (χ2v) is 7.26. The lowest BCUT2D eigenvalue weighted by Gasteiger charge is -2.19. The van der Waals surface area contributed by atoms with Gasteiger partial charge in [-0.2, -0.15) is 8.78 Å². The molecule has 3 rings (SSSR count). The van der Waals surface area contributed by atoms with E-state index in [1.165, 1.54) is 24.3 Å². The fourth-order valence-electron chi connectivity index (χ4n) is 3.11. The fourth-order valence-corrected chi connectivity index (χ4v) is 3.11. The Morgan fingerprint density at radius 1 is 0.727 bits per heavy atom. The predicted molar refractivity (Wildman–Crippen MR) is 108 cm³/mol. The number of rotatable bonds is 8. The van der Waals surface area contributed by atoms with E-state index in [1.54, 1.807) is 12.1 Å². The molecule has 33 heavy (non-hydrogen) atoms. The van der Waals surface area contributed by atoms with Gasteiger partial charge in [0.15, 0.2) is 11.6 Å². The van der Waals surface area contributed by atoms with Gasteiger partial charge in [-0.05, 0) is 65.9 Å². The summed E-state index contributed by atoms with van der Waals surface area (Å²) in [4.78, 5) is 0. The molecule has 0 saturated carbocycles. The monoisotopic (exact) mass is 472 g/mol. The van der Waals surface area contributed by atoms with Gasteiger partial charge < -0.3 is 9.47 Å². The maximum atomic E-state index is 14.5. The summed E-state index contributed by atoms with van der Waals surface area (Å²) in [6, 6.07) is 11.9. The lowest BCUT2D eigenvalue weighted by Crippen LogP contribution is -2.21. The minimum Gasteiger partial charge on any atom is -0.429 e. The van der Waals surface area contributed by atoms with Crippen LogP contribution >= 0.6 is 0 Å². The van der Waals surface area contributed by atoms with Crippen LogP contribution in [0.1, 0.15) is 30.9 Å². The average molecular weight is 472 g/mol. The lowest BCUT2D eigenvalue weighted by molar-refractivity contribution is -0.276. The SMILES string of the molecule is CCCCc1ccc(C(F)(F)Oc2ccc(-c3cc(F)c(OC(F)(F)F)c(F)c3)cc2)cc1. The molecule has 0 aromatic heterocycles. The minimum absolute atomic E-state index is 0.111. The molecule has 3 aromatic carbocycles. The number of alkyl halides is 5. The quantitative estimate of drug-likeness (QED) is 0.309. The third kappa shape index (κ3) is 6.40. The van der Waals surface area contributed by atoms with Crippen LogP contribution < -0.4 is 9.47 Å². The van der Waals surface area contributed by atoms with Crippen LogP contribution in [0, 0.1) is 11.6 Å². The summed E-state index contributed by atoms with van der Waals surface area (Å²) in [7, 11) is 0. The van der Waals surface area contributed by atoms with Crippen molar-refractivity contribution in [1.29, 1.82) is 0 Å². The zero-order valence-electron chi connectivity index (χ0n) is 17.4. The highest BCUT2D eigenvalue weighted by Crippen LogP contribution is 2.35. The van der Waals surface area contributed by atoms with Crippen molar-refractivity contribution < 1.29 is 40.2 Å². The van der Waals surface area contributed by atoms with Crippen LogP contribution in [0.15, 0.2) is 60.7 Å². The highest BCUT2D eigenvalue weighted by atomic mass is 19.4. The molecule has 0 saturated heterocycles. The van der Waals surface area contributed by atoms with Gasteiger partial charge in [0.05, 0.1) is 5.56 Å². The van der Waals surface area contributed by atoms with Crippen molar-refractivity contribution in [2.45, 2.75) is 38.7 Å². The maximum absolute atomic E-state index is 14.5. The summed E-state index contributed by atoms with van der Waals surface area (Å²) in [5.41, 5.74) is 0.658. The first-order chi connectivity index (χ1) is 15.5. The minimum atomic E-state index is -5.26. The normalized spacial score (nSPS) is 12.0. The molecule has 176 valence electrons. The summed E-state index contributed by atoms with van der Waals surface area (Å²) >= 11 is 0. The van der Waals surface area contributed by atoms with E-state index in [4.69, 9.17) is 4.74 Å². The number of hydrogen-bond acceptors (Lipinski definition) is 2. The van der Waals surface area contributed by atoms with E-state index in [1.807, 2.05) is 6.92 Å². The molecular weight excluding hydrogens is 453 g/mol. The third-order valence-corrected chi connectivity index (χ3v) is 4.76. The van der Waals surface area contributed by atoms with Crippen LogP contribution in [0.5, 0.6) is 11.5 Å². The molecule has 0 fully saturated rings.